The molecule has 3 rings (SSSR count). The maximum absolute atomic E-state index is 9.36. The van der Waals surface area contributed by atoms with Crippen molar-refractivity contribution in [3.05, 3.63) is 89.0 Å². The van der Waals surface area contributed by atoms with E-state index in [1.54, 1.807) is 24.3 Å². The van der Waals surface area contributed by atoms with Gasteiger partial charge in [-0.3, -0.25) is 0 Å². The fourth-order valence-corrected chi connectivity index (χ4v) is 2.61. The summed E-state index contributed by atoms with van der Waals surface area (Å²) < 4.78 is 0. The van der Waals surface area contributed by atoms with Crippen molar-refractivity contribution in [2.24, 2.45) is 0 Å². The summed E-state index contributed by atoms with van der Waals surface area (Å²) in [6.07, 6.45) is 1.53. The molecule has 0 aromatic heterocycles. The molecule has 3 heteroatoms. The smallest absolute Gasteiger partial charge is 0.115 e. The van der Waals surface area contributed by atoms with Gasteiger partial charge in [-0.1, -0.05) is 36.4 Å². The lowest BCUT2D eigenvalue weighted by molar-refractivity contribution is 0.474. The lowest BCUT2D eigenvalue weighted by atomic mass is 9.98. The Morgan fingerprint density at radius 1 is 0.609 bits per heavy atom. The van der Waals surface area contributed by atoms with Gasteiger partial charge >= 0.3 is 0 Å². The van der Waals surface area contributed by atoms with Gasteiger partial charge in [0.05, 0.1) is 0 Å². The number of rotatable bonds is 4. The van der Waals surface area contributed by atoms with Gasteiger partial charge < -0.3 is 15.9 Å². The van der Waals surface area contributed by atoms with Gasteiger partial charge in [0, 0.05) is 5.69 Å². The third-order valence-corrected chi connectivity index (χ3v) is 3.88. The van der Waals surface area contributed by atoms with E-state index in [0.717, 1.165) is 35.2 Å². The normalized spacial score (nSPS) is 10.6. The summed E-state index contributed by atoms with van der Waals surface area (Å²) in [6.45, 7) is 0. The maximum Gasteiger partial charge on any atom is 0.115 e. The van der Waals surface area contributed by atoms with Crippen molar-refractivity contribution < 1.29 is 10.2 Å². The first-order valence-electron chi connectivity index (χ1n) is 7.53. The van der Waals surface area contributed by atoms with Crippen LogP contribution in [0.15, 0.2) is 66.7 Å². The molecular formula is C20H19NO2. The van der Waals surface area contributed by atoms with E-state index in [1.807, 2.05) is 36.4 Å². The minimum atomic E-state index is 0.266. The average Bonchev–Trinajstić information content (AvgIpc) is 2.55. The molecule has 3 aromatic rings. The summed E-state index contributed by atoms with van der Waals surface area (Å²) in [6, 6.07) is 20.5. The largest absolute Gasteiger partial charge is 0.508 e. The molecule has 0 unspecified atom stereocenters. The van der Waals surface area contributed by atoms with Gasteiger partial charge in [0.1, 0.15) is 11.5 Å². The van der Waals surface area contributed by atoms with E-state index in [-0.39, 0.29) is 11.5 Å². The first-order chi connectivity index (χ1) is 11.1. The topological polar surface area (TPSA) is 66.5 Å². The zero-order valence-electron chi connectivity index (χ0n) is 12.7. The second kappa shape index (κ2) is 6.44. The molecule has 0 bridgehead atoms. The Hall–Kier alpha value is -2.94. The summed E-state index contributed by atoms with van der Waals surface area (Å²) in [5.41, 5.74) is 11.4. The second-order valence-electron chi connectivity index (χ2n) is 5.72. The van der Waals surface area contributed by atoms with Crippen LogP contribution in [0.5, 0.6) is 11.5 Å². The monoisotopic (exact) mass is 305 g/mol. The van der Waals surface area contributed by atoms with E-state index < -0.39 is 0 Å². The molecule has 3 aromatic carbocycles. The molecule has 0 heterocycles. The van der Waals surface area contributed by atoms with Crippen LogP contribution in [0.4, 0.5) is 5.69 Å². The standard InChI is InChI=1S/C20H19NO2/c21-20-10-5-16(11-14-1-6-18(22)7-2-14)13-17(20)12-15-3-8-19(23)9-4-15/h1-10,13,22-23H,11-12,21H2. The van der Waals surface area contributed by atoms with Crippen molar-refractivity contribution in [1.29, 1.82) is 0 Å². The Balaban J connectivity index is 1.81. The number of benzene rings is 3. The quantitative estimate of drug-likeness (QED) is 0.641. The number of hydrogen-bond acceptors (Lipinski definition) is 3. The molecule has 23 heavy (non-hydrogen) atoms. The number of aromatic hydroxyl groups is 2. The molecule has 116 valence electrons. The van der Waals surface area contributed by atoms with Crippen LogP contribution in [0.2, 0.25) is 0 Å². The van der Waals surface area contributed by atoms with E-state index in [1.165, 1.54) is 5.56 Å². The molecule has 0 amide bonds. The Kier molecular flexibility index (Phi) is 4.20. The third kappa shape index (κ3) is 3.83. The van der Waals surface area contributed by atoms with Crippen molar-refractivity contribution in [1.82, 2.24) is 0 Å². The number of anilines is 1. The van der Waals surface area contributed by atoms with Crippen LogP contribution < -0.4 is 5.73 Å². The van der Waals surface area contributed by atoms with Gasteiger partial charge in [-0.15, -0.1) is 0 Å². The zero-order valence-corrected chi connectivity index (χ0v) is 12.7. The summed E-state index contributed by atoms with van der Waals surface area (Å²) in [5, 5.41) is 18.7. The predicted octanol–water partition coefficient (Wildman–Crippen LogP) is 3.86. The van der Waals surface area contributed by atoms with Crippen molar-refractivity contribution in [3.63, 3.8) is 0 Å². The number of phenolic OH excluding ortho intramolecular Hbond substituents is 2. The molecule has 0 aliphatic heterocycles. The molecule has 0 saturated carbocycles. The van der Waals surface area contributed by atoms with Crippen LogP contribution in [0.25, 0.3) is 0 Å². The third-order valence-electron chi connectivity index (χ3n) is 3.88. The molecular weight excluding hydrogens is 286 g/mol. The van der Waals surface area contributed by atoms with Gasteiger partial charge in [0.2, 0.25) is 0 Å². The lowest BCUT2D eigenvalue weighted by Gasteiger charge is -2.10. The van der Waals surface area contributed by atoms with Crippen molar-refractivity contribution in [3.8, 4) is 11.5 Å². The van der Waals surface area contributed by atoms with Crippen LogP contribution >= 0.6 is 0 Å². The van der Waals surface area contributed by atoms with Crippen molar-refractivity contribution in [2.45, 2.75) is 12.8 Å². The highest BCUT2D eigenvalue weighted by molar-refractivity contribution is 5.51. The number of nitrogen functional groups attached to an aromatic ring is 1. The SMILES string of the molecule is Nc1ccc(Cc2ccc(O)cc2)cc1Cc1ccc(O)cc1. The summed E-state index contributed by atoms with van der Waals surface area (Å²) in [4.78, 5) is 0. The maximum atomic E-state index is 9.36. The molecule has 0 fully saturated rings. The average molecular weight is 305 g/mol. The number of hydrogen-bond donors (Lipinski definition) is 3. The van der Waals surface area contributed by atoms with E-state index in [9.17, 15) is 10.2 Å². The number of phenols is 2. The van der Waals surface area contributed by atoms with E-state index in [2.05, 4.69) is 6.07 Å². The fourth-order valence-electron chi connectivity index (χ4n) is 2.61. The summed E-state index contributed by atoms with van der Waals surface area (Å²) >= 11 is 0. The Morgan fingerprint density at radius 2 is 1.09 bits per heavy atom. The second-order valence-corrected chi connectivity index (χ2v) is 5.72. The van der Waals surface area contributed by atoms with Gasteiger partial charge in [-0.05, 0) is 65.4 Å². The highest BCUT2D eigenvalue weighted by Crippen LogP contribution is 2.22. The van der Waals surface area contributed by atoms with Gasteiger partial charge in [-0.2, -0.15) is 0 Å². The Morgan fingerprint density at radius 3 is 1.65 bits per heavy atom. The highest BCUT2D eigenvalue weighted by atomic mass is 16.3. The predicted molar refractivity (Wildman–Crippen MR) is 92.7 cm³/mol. The zero-order chi connectivity index (χ0) is 16.2. The van der Waals surface area contributed by atoms with Gasteiger partial charge in [0.15, 0.2) is 0 Å². The van der Waals surface area contributed by atoms with Crippen LogP contribution in [0.1, 0.15) is 22.3 Å². The minimum Gasteiger partial charge on any atom is -0.508 e. The first kappa shape index (κ1) is 15.0. The van der Waals surface area contributed by atoms with E-state index in [0.29, 0.717) is 0 Å². The first-order valence-corrected chi connectivity index (χ1v) is 7.53. The molecule has 0 saturated heterocycles. The Bertz CT molecular complexity index is 793. The van der Waals surface area contributed by atoms with Crippen LogP contribution in [0, 0.1) is 0 Å². The highest BCUT2D eigenvalue weighted by Gasteiger charge is 2.05. The van der Waals surface area contributed by atoms with Crippen molar-refractivity contribution >= 4 is 5.69 Å². The number of nitrogens with two attached hydrogens (primary N) is 1. The van der Waals surface area contributed by atoms with Gasteiger partial charge in [0.25, 0.3) is 0 Å². The Labute approximate surface area is 135 Å². The van der Waals surface area contributed by atoms with Crippen molar-refractivity contribution in [2.75, 3.05) is 5.73 Å². The van der Waals surface area contributed by atoms with Crippen LogP contribution in [-0.4, -0.2) is 10.2 Å². The van der Waals surface area contributed by atoms with Crippen LogP contribution in [0.3, 0.4) is 0 Å². The van der Waals surface area contributed by atoms with Crippen LogP contribution in [-0.2, 0) is 12.8 Å². The van der Waals surface area contributed by atoms with E-state index >= 15 is 0 Å². The molecule has 4 N–H and O–H groups in total. The summed E-state index contributed by atoms with van der Waals surface area (Å²) in [7, 11) is 0. The molecule has 0 radical (unpaired) electrons. The molecule has 0 aliphatic rings. The lowest BCUT2D eigenvalue weighted by Crippen LogP contribution is -1.98. The fraction of sp³-hybridized carbons (Fsp3) is 0.100. The van der Waals surface area contributed by atoms with E-state index in [4.69, 9.17) is 5.73 Å². The molecule has 3 nitrogen and oxygen atoms in total. The van der Waals surface area contributed by atoms with Gasteiger partial charge in [-0.25, -0.2) is 0 Å². The minimum absolute atomic E-state index is 0.266. The molecule has 0 spiro atoms. The molecule has 0 atom stereocenters. The summed E-state index contributed by atoms with van der Waals surface area (Å²) in [5.74, 6) is 0.543. The molecule has 0 aliphatic carbocycles.